The predicted octanol–water partition coefficient (Wildman–Crippen LogP) is 1.14. The SMILES string of the molecule is [Cl-].c1ccc([P+](CCCC2OCCO2)(c2ccccc2)c2ccccc2)cc1. The summed E-state index contributed by atoms with van der Waals surface area (Å²) in [6.45, 7) is 1.45. The van der Waals surface area contributed by atoms with E-state index >= 15 is 0 Å². The summed E-state index contributed by atoms with van der Waals surface area (Å²) in [5.74, 6) is 0. The molecule has 0 atom stereocenters. The molecule has 0 spiro atoms. The van der Waals surface area contributed by atoms with Gasteiger partial charge in [0.1, 0.15) is 23.2 Å². The van der Waals surface area contributed by atoms with Gasteiger partial charge >= 0.3 is 0 Å². The number of halogens is 1. The lowest BCUT2D eigenvalue weighted by Crippen LogP contribution is -3.00. The van der Waals surface area contributed by atoms with E-state index in [-0.39, 0.29) is 18.7 Å². The molecule has 0 aliphatic carbocycles. The molecule has 1 aliphatic rings. The van der Waals surface area contributed by atoms with Crippen LogP contribution in [-0.4, -0.2) is 25.7 Å². The summed E-state index contributed by atoms with van der Waals surface area (Å²) >= 11 is 0. The maximum Gasteiger partial charge on any atom is 0.157 e. The largest absolute Gasteiger partial charge is 1.00 e. The lowest BCUT2D eigenvalue weighted by Gasteiger charge is -2.28. The minimum Gasteiger partial charge on any atom is -1.00 e. The second-order valence-electron chi connectivity index (χ2n) is 6.85. The van der Waals surface area contributed by atoms with Gasteiger partial charge in [-0.25, -0.2) is 0 Å². The van der Waals surface area contributed by atoms with Crippen molar-refractivity contribution in [2.45, 2.75) is 19.1 Å². The highest BCUT2D eigenvalue weighted by Crippen LogP contribution is 2.56. The van der Waals surface area contributed by atoms with Crippen molar-refractivity contribution in [1.29, 1.82) is 0 Å². The van der Waals surface area contributed by atoms with Crippen LogP contribution < -0.4 is 28.3 Å². The molecule has 0 aromatic heterocycles. The van der Waals surface area contributed by atoms with Crippen LogP contribution in [0.4, 0.5) is 0 Å². The van der Waals surface area contributed by atoms with Crippen molar-refractivity contribution >= 4 is 23.2 Å². The zero-order chi connectivity index (χ0) is 18.4. The van der Waals surface area contributed by atoms with Gasteiger partial charge in [0, 0.05) is 6.42 Å². The Balaban J connectivity index is 0.00000225. The van der Waals surface area contributed by atoms with E-state index in [1.54, 1.807) is 0 Å². The molecule has 146 valence electrons. The van der Waals surface area contributed by atoms with Gasteiger partial charge in [0.2, 0.25) is 0 Å². The van der Waals surface area contributed by atoms with Gasteiger partial charge in [-0.3, -0.25) is 0 Å². The van der Waals surface area contributed by atoms with E-state index in [1.807, 2.05) is 0 Å². The molecule has 0 radical (unpaired) electrons. The minimum atomic E-state index is -1.72. The van der Waals surface area contributed by atoms with Crippen molar-refractivity contribution in [2.75, 3.05) is 19.4 Å². The van der Waals surface area contributed by atoms with Crippen LogP contribution in [0.5, 0.6) is 0 Å². The fraction of sp³-hybridized carbons (Fsp3) is 0.250. The summed E-state index contributed by atoms with van der Waals surface area (Å²) in [5.41, 5.74) is 0. The molecule has 3 aromatic rings. The van der Waals surface area contributed by atoms with Crippen LogP contribution in [-0.2, 0) is 9.47 Å². The molecule has 4 heteroatoms. The molecule has 0 amide bonds. The number of hydrogen-bond acceptors (Lipinski definition) is 2. The Morgan fingerprint density at radius 2 is 1.04 bits per heavy atom. The molecule has 0 N–H and O–H groups in total. The maximum absolute atomic E-state index is 5.67. The van der Waals surface area contributed by atoms with Crippen LogP contribution in [0.2, 0.25) is 0 Å². The van der Waals surface area contributed by atoms with Gasteiger partial charge in [0.05, 0.1) is 19.4 Å². The fourth-order valence-corrected chi connectivity index (χ4v) is 8.32. The second-order valence-corrected chi connectivity index (χ2v) is 10.5. The normalized spacial score (nSPS) is 14.6. The van der Waals surface area contributed by atoms with Crippen LogP contribution in [0.1, 0.15) is 12.8 Å². The topological polar surface area (TPSA) is 18.5 Å². The zero-order valence-corrected chi connectivity index (χ0v) is 17.6. The van der Waals surface area contributed by atoms with Crippen molar-refractivity contribution in [3.05, 3.63) is 91.0 Å². The molecule has 0 saturated carbocycles. The molecule has 4 rings (SSSR count). The summed E-state index contributed by atoms with van der Waals surface area (Å²) in [5, 5.41) is 4.32. The Morgan fingerprint density at radius 3 is 1.43 bits per heavy atom. The number of rotatable bonds is 7. The highest BCUT2D eigenvalue weighted by Gasteiger charge is 2.44. The van der Waals surface area contributed by atoms with Gasteiger partial charge < -0.3 is 21.9 Å². The highest BCUT2D eigenvalue weighted by molar-refractivity contribution is 7.95. The summed E-state index contributed by atoms with van der Waals surface area (Å²) in [6, 6.07) is 33.1. The molecule has 2 nitrogen and oxygen atoms in total. The average Bonchev–Trinajstić information content (AvgIpc) is 3.27. The molecule has 28 heavy (non-hydrogen) atoms. The Morgan fingerprint density at radius 1 is 0.643 bits per heavy atom. The van der Waals surface area contributed by atoms with Gasteiger partial charge in [-0.15, -0.1) is 0 Å². The van der Waals surface area contributed by atoms with E-state index in [4.69, 9.17) is 9.47 Å². The molecule has 1 saturated heterocycles. The van der Waals surface area contributed by atoms with Crippen LogP contribution in [0.25, 0.3) is 0 Å². The summed E-state index contributed by atoms with van der Waals surface area (Å²) in [6.07, 6.45) is 3.12. The standard InChI is InChI=1S/C24H26O2P.ClH/c1-4-11-21(12-5-1)27(22-13-6-2-7-14-22,23-15-8-3-9-16-23)20-10-17-24-25-18-19-26-24;/h1-9,11-16,24H,10,17-20H2;1H/q+1;/p-1. The summed E-state index contributed by atoms with van der Waals surface area (Å²) in [7, 11) is -1.72. The minimum absolute atomic E-state index is 0. The van der Waals surface area contributed by atoms with E-state index in [0.29, 0.717) is 0 Å². The quantitative estimate of drug-likeness (QED) is 0.542. The zero-order valence-electron chi connectivity index (χ0n) is 15.9. The van der Waals surface area contributed by atoms with Crippen molar-refractivity contribution < 1.29 is 21.9 Å². The maximum atomic E-state index is 5.67. The van der Waals surface area contributed by atoms with Crippen LogP contribution in [0, 0.1) is 0 Å². The predicted molar refractivity (Wildman–Crippen MR) is 115 cm³/mol. The average molecular weight is 413 g/mol. The number of hydrogen-bond donors (Lipinski definition) is 0. The first-order valence-electron chi connectivity index (χ1n) is 9.68. The van der Waals surface area contributed by atoms with Gasteiger partial charge in [0.25, 0.3) is 0 Å². The van der Waals surface area contributed by atoms with Crippen LogP contribution in [0.3, 0.4) is 0 Å². The van der Waals surface area contributed by atoms with E-state index in [1.165, 1.54) is 15.9 Å². The third-order valence-corrected chi connectivity index (χ3v) is 9.74. The first-order chi connectivity index (χ1) is 13.4. The van der Waals surface area contributed by atoms with Gasteiger partial charge in [-0.2, -0.15) is 0 Å². The van der Waals surface area contributed by atoms with Crippen LogP contribution in [0.15, 0.2) is 91.0 Å². The van der Waals surface area contributed by atoms with Crippen molar-refractivity contribution in [3.8, 4) is 0 Å². The second kappa shape index (κ2) is 10.2. The van der Waals surface area contributed by atoms with E-state index < -0.39 is 7.26 Å². The smallest absolute Gasteiger partial charge is 0.157 e. The number of benzene rings is 3. The van der Waals surface area contributed by atoms with E-state index in [2.05, 4.69) is 91.0 Å². The first-order valence-corrected chi connectivity index (χ1v) is 11.7. The van der Waals surface area contributed by atoms with Crippen molar-refractivity contribution in [3.63, 3.8) is 0 Å². The Labute approximate surface area is 174 Å². The lowest BCUT2D eigenvalue weighted by molar-refractivity contribution is -0.0467. The molecular weight excluding hydrogens is 387 g/mol. The number of ether oxygens (including phenoxy) is 2. The molecule has 1 aliphatic heterocycles. The monoisotopic (exact) mass is 412 g/mol. The van der Waals surface area contributed by atoms with Gasteiger partial charge in [-0.05, 0) is 42.8 Å². The third-order valence-electron chi connectivity index (χ3n) is 5.22. The highest BCUT2D eigenvalue weighted by atomic mass is 35.5. The van der Waals surface area contributed by atoms with Crippen molar-refractivity contribution in [2.24, 2.45) is 0 Å². The molecule has 3 aromatic carbocycles. The van der Waals surface area contributed by atoms with Crippen molar-refractivity contribution in [1.82, 2.24) is 0 Å². The van der Waals surface area contributed by atoms with Crippen LogP contribution >= 0.6 is 7.26 Å². The molecule has 1 fully saturated rings. The summed E-state index contributed by atoms with van der Waals surface area (Å²) in [4.78, 5) is 0. The molecule has 1 heterocycles. The lowest BCUT2D eigenvalue weighted by atomic mass is 10.3. The van der Waals surface area contributed by atoms with E-state index in [9.17, 15) is 0 Å². The Bertz CT molecular complexity index is 724. The fourth-order valence-electron chi connectivity index (χ4n) is 3.95. The van der Waals surface area contributed by atoms with Gasteiger partial charge in [-0.1, -0.05) is 54.6 Å². The first kappa shape index (κ1) is 21.0. The Kier molecular flexibility index (Phi) is 7.65. The molecular formula is C24H26ClO2P. The Hall–Kier alpha value is -1.70. The van der Waals surface area contributed by atoms with Gasteiger partial charge in [0.15, 0.2) is 6.29 Å². The van der Waals surface area contributed by atoms with E-state index in [0.717, 1.165) is 32.2 Å². The third kappa shape index (κ3) is 4.47. The summed E-state index contributed by atoms with van der Waals surface area (Å²) < 4.78 is 11.3. The molecule has 0 unspecified atom stereocenters. The molecule has 0 bridgehead atoms.